The Morgan fingerprint density at radius 1 is 0.833 bits per heavy atom. The summed E-state index contributed by atoms with van der Waals surface area (Å²) in [6.45, 7) is 10.7. The first-order valence-electron chi connectivity index (χ1n) is 15.3. The lowest BCUT2D eigenvalue weighted by atomic mass is 9.96. The molecule has 240 valence electrons. The van der Waals surface area contributed by atoms with Crippen molar-refractivity contribution in [3.63, 3.8) is 0 Å². The van der Waals surface area contributed by atoms with Crippen LogP contribution in [0.1, 0.15) is 62.5 Å². The van der Waals surface area contributed by atoms with Gasteiger partial charge in [0.15, 0.2) is 0 Å². The summed E-state index contributed by atoms with van der Waals surface area (Å²) in [6, 6.07) is 4.56. The van der Waals surface area contributed by atoms with Gasteiger partial charge >= 0.3 is 0 Å². The summed E-state index contributed by atoms with van der Waals surface area (Å²) < 4.78 is 40.4. The normalized spacial score (nSPS) is 24.8. The average Bonchev–Trinajstić information content (AvgIpc) is 2.96. The molecule has 4 saturated heterocycles. The van der Waals surface area contributed by atoms with Gasteiger partial charge in [0, 0.05) is 57.4 Å². The number of carbonyl (C=O) groups is 1. The minimum Gasteiger partial charge on any atom is -0.497 e. The van der Waals surface area contributed by atoms with E-state index in [1.807, 2.05) is 18.7 Å². The van der Waals surface area contributed by atoms with E-state index in [0.29, 0.717) is 34.4 Å². The molecule has 2 unspecified atom stereocenters. The molecule has 0 aliphatic carbocycles. The molecule has 0 bridgehead atoms. The largest absolute Gasteiger partial charge is 0.497 e. The van der Waals surface area contributed by atoms with Crippen molar-refractivity contribution in [2.24, 2.45) is 0 Å². The highest BCUT2D eigenvalue weighted by molar-refractivity contribution is 7.89. The van der Waals surface area contributed by atoms with Crippen molar-refractivity contribution in [3.05, 3.63) is 23.3 Å². The molecule has 4 aliphatic rings. The number of amides is 1. The minimum absolute atomic E-state index is 0. The van der Waals surface area contributed by atoms with Crippen molar-refractivity contribution in [3.8, 4) is 5.75 Å². The number of hydrogen-bond donors (Lipinski definition) is 0. The maximum absolute atomic E-state index is 13.8. The van der Waals surface area contributed by atoms with Gasteiger partial charge in [0.25, 0.3) is 0 Å². The van der Waals surface area contributed by atoms with Gasteiger partial charge in [-0.3, -0.25) is 14.6 Å². The average molecular weight is 650 g/mol. The second kappa shape index (κ2) is 15.7. The lowest BCUT2D eigenvalue weighted by molar-refractivity contribution is -0.138. The van der Waals surface area contributed by atoms with E-state index >= 15 is 0 Å². The van der Waals surface area contributed by atoms with E-state index in [9.17, 15) is 13.2 Å². The topological polar surface area (TPSA) is 82.6 Å². The minimum atomic E-state index is -3.70. The van der Waals surface area contributed by atoms with Gasteiger partial charge < -0.3 is 14.4 Å². The Labute approximate surface area is 265 Å². The first kappa shape index (κ1) is 35.3. The molecule has 0 saturated carbocycles. The number of piperazine rings is 1. The number of nitrogens with zero attached hydrogens (tertiary/aromatic N) is 4. The van der Waals surface area contributed by atoms with E-state index in [1.165, 1.54) is 38.9 Å². The van der Waals surface area contributed by atoms with E-state index in [4.69, 9.17) is 9.47 Å². The fraction of sp³-hybridized carbons (Fsp3) is 0.767. The van der Waals surface area contributed by atoms with Gasteiger partial charge in [0.05, 0.1) is 18.6 Å². The van der Waals surface area contributed by atoms with E-state index < -0.39 is 10.0 Å². The van der Waals surface area contributed by atoms with Crippen LogP contribution in [0.2, 0.25) is 0 Å². The molecule has 1 amide bonds. The number of hydrogen-bond acceptors (Lipinski definition) is 7. The Hall–Kier alpha value is -1.14. The maximum Gasteiger partial charge on any atom is 0.248 e. The van der Waals surface area contributed by atoms with Crippen LogP contribution < -0.4 is 4.74 Å². The third-order valence-electron chi connectivity index (χ3n) is 9.55. The van der Waals surface area contributed by atoms with E-state index in [2.05, 4.69) is 9.80 Å². The first-order chi connectivity index (χ1) is 19.3. The number of aryl methyl sites for hydroxylation is 2. The predicted molar refractivity (Wildman–Crippen MR) is 170 cm³/mol. The molecule has 9 nitrogen and oxygen atoms in total. The summed E-state index contributed by atoms with van der Waals surface area (Å²) >= 11 is 0. The molecule has 0 aromatic heterocycles. The SMILES string of the molecule is COc1cc(C)c(S(=O)(=O)N2CCCCC2COCC(=O)N2CCC(N3CCN4CCCCC4C3)CC2)c(C)c1.Cl.Cl. The fourth-order valence-corrected chi connectivity index (χ4v) is 9.47. The van der Waals surface area contributed by atoms with Crippen LogP contribution in [0.25, 0.3) is 0 Å². The highest BCUT2D eigenvalue weighted by Gasteiger charge is 2.37. The van der Waals surface area contributed by atoms with Crippen molar-refractivity contribution in [2.75, 3.05) is 66.1 Å². The summed E-state index contributed by atoms with van der Waals surface area (Å²) in [5.74, 6) is 0.671. The molecular weight excluding hydrogens is 599 g/mol. The summed E-state index contributed by atoms with van der Waals surface area (Å²) in [5.41, 5.74) is 1.36. The predicted octanol–water partition coefficient (Wildman–Crippen LogP) is 3.88. The van der Waals surface area contributed by atoms with Gasteiger partial charge in [-0.25, -0.2) is 8.42 Å². The Bertz CT molecular complexity index is 1130. The van der Waals surface area contributed by atoms with E-state index in [1.54, 1.807) is 23.5 Å². The van der Waals surface area contributed by atoms with Crippen molar-refractivity contribution in [1.29, 1.82) is 0 Å². The molecule has 4 heterocycles. The van der Waals surface area contributed by atoms with E-state index in [-0.39, 0.29) is 50.0 Å². The van der Waals surface area contributed by atoms with Crippen LogP contribution in [0.4, 0.5) is 0 Å². The molecule has 1 aromatic carbocycles. The molecule has 0 spiro atoms. The van der Waals surface area contributed by atoms with E-state index in [0.717, 1.165) is 57.8 Å². The molecule has 0 N–H and O–H groups in total. The zero-order valence-electron chi connectivity index (χ0n) is 25.5. The molecule has 4 fully saturated rings. The molecule has 42 heavy (non-hydrogen) atoms. The summed E-state index contributed by atoms with van der Waals surface area (Å²) in [4.78, 5) is 20.6. The number of benzene rings is 1. The summed E-state index contributed by atoms with van der Waals surface area (Å²) in [5, 5.41) is 0. The second-order valence-corrected chi connectivity index (χ2v) is 14.0. The molecule has 2 atom stereocenters. The molecule has 1 aromatic rings. The van der Waals surface area contributed by atoms with Crippen LogP contribution in [0.3, 0.4) is 0 Å². The van der Waals surface area contributed by atoms with Crippen molar-refractivity contribution >= 4 is 40.7 Å². The van der Waals surface area contributed by atoms with Gasteiger partial charge in [0.1, 0.15) is 12.4 Å². The van der Waals surface area contributed by atoms with Crippen molar-refractivity contribution in [2.45, 2.75) is 88.2 Å². The monoisotopic (exact) mass is 648 g/mol. The molecular formula is C30H50Cl2N4O5S. The van der Waals surface area contributed by atoms with Crippen LogP contribution in [0.5, 0.6) is 5.75 Å². The first-order valence-corrected chi connectivity index (χ1v) is 16.7. The molecule has 12 heteroatoms. The number of piperidine rings is 3. The van der Waals surface area contributed by atoms with Crippen LogP contribution in [-0.4, -0.2) is 118 Å². The van der Waals surface area contributed by atoms with Gasteiger partial charge in [0.2, 0.25) is 15.9 Å². The molecule has 0 radical (unpaired) electrons. The number of methoxy groups -OCH3 is 1. The van der Waals surface area contributed by atoms with Gasteiger partial charge in [-0.15, -0.1) is 24.8 Å². The number of carbonyl (C=O) groups excluding carboxylic acids is 1. The van der Waals surface area contributed by atoms with Crippen LogP contribution in [0, 0.1) is 13.8 Å². The lowest BCUT2D eigenvalue weighted by Crippen LogP contribution is -2.58. The van der Waals surface area contributed by atoms with Crippen LogP contribution >= 0.6 is 24.8 Å². The van der Waals surface area contributed by atoms with Crippen LogP contribution in [0.15, 0.2) is 17.0 Å². The Morgan fingerprint density at radius 2 is 1.48 bits per heavy atom. The van der Waals surface area contributed by atoms with Crippen molar-refractivity contribution < 1.29 is 22.7 Å². The molecule has 4 aliphatic heterocycles. The zero-order valence-corrected chi connectivity index (χ0v) is 27.9. The highest BCUT2D eigenvalue weighted by Crippen LogP contribution is 2.32. The standard InChI is InChI=1S/C30H48N4O5S.2ClH/c1-23-18-28(38-3)19-24(2)30(23)40(36,37)34-13-7-5-9-27(34)21-39-22-29(35)32-14-10-25(11-15-32)33-17-16-31-12-6-4-8-26(31)20-33;;/h18-19,25-27H,4-17,20-22H2,1-3H3;2*1H. The Kier molecular flexibility index (Phi) is 13.2. The fourth-order valence-electron chi connectivity index (χ4n) is 7.38. The number of likely N-dealkylation sites (tertiary alicyclic amines) is 1. The number of ether oxygens (including phenoxy) is 2. The maximum atomic E-state index is 13.8. The zero-order chi connectivity index (χ0) is 28.3. The number of sulfonamides is 1. The Balaban J connectivity index is 0.00000242. The number of fused-ring (bicyclic) bond motifs is 1. The third-order valence-corrected chi connectivity index (χ3v) is 11.8. The van der Waals surface area contributed by atoms with Gasteiger partial charge in [-0.2, -0.15) is 4.31 Å². The second-order valence-electron chi connectivity index (χ2n) is 12.2. The lowest BCUT2D eigenvalue weighted by Gasteiger charge is -2.48. The highest BCUT2D eigenvalue weighted by atomic mass is 35.5. The summed E-state index contributed by atoms with van der Waals surface area (Å²) in [6.07, 6.45) is 8.58. The quantitative estimate of drug-likeness (QED) is 0.423. The van der Waals surface area contributed by atoms with Gasteiger partial charge in [-0.05, 0) is 82.2 Å². The number of halogens is 2. The number of rotatable bonds is 8. The van der Waals surface area contributed by atoms with Crippen LogP contribution in [-0.2, 0) is 19.6 Å². The molecule has 5 rings (SSSR count). The smallest absolute Gasteiger partial charge is 0.248 e. The van der Waals surface area contributed by atoms with Gasteiger partial charge in [-0.1, -0.05) is 12.8 Å². The summed E-state index contributed by atoms with van der Waals surface area (Å²) in [7, 11) is -2.11. The third kappa shape index (κ3) is 7.92. The Morgan fingerprint density at radius 3 is 2.17 bits per heavy atom. The van der Waals surface area contributed by atoms with Crippen molar-refractivity contribution in [1.82, 2.24) is 19.0 Å².